The Kier molecular flexibility index (Phi) is 5.99. The van der Waals surface area contributed by atoms with Gasteiger partial charge in [-0.05, 0) is 28.1 Å². The topological polar surface area (TPSA) is 51.2 Å². The summed E-state index contributed by atoms with van der Waals surface area (Å²) in [5.74, 6) is -0.302. The van der Waals surface area contributed by atoms with Crippen LogP contribution in [0.1, 0.15) is 6.42 Å². The summed E-state index contributed by atoms with van der Waals surface area (Å²) >= 11 is 3.16. The molecule has 0 spiro atoms. The molecule has 0 saturated carbocycles. The molecule has 1 amide bonds. The van der Waals surface area contributed by atoms with E-state index < -0.39 is 13.0 Å². The van der Waals surface area contributed by atoms with E-state index in [4.69, 9.17) is 0 Å². The molecule has 1 rings (SSSR count). The minimum absolute atomic E-state index is 0.0276. The highest BCUT2D eigenvalue weighted by Gasteiger charge is 2.05. The van der Waals surface area contributed by atoms with Crippen LogP contribution in [0.25, 0.3) is 0 Å². The molecule has 0 aliphatic heterocycles. The molecule has 1 N–H and O–H groups in total. The summed E-state index contributed by atoms with van der Waals surface area (Å²) in [7, 11) is 0. The van der Waals surface area contributed by atoms with Gasteiger partial charge < -0.3 is 10.1 Å². The summed E-state index contributed by atoms with van der Waals surface area (Å²) in [6.07, 6.45) is -0.987. The Morgan fingerprint density at radius 1 is 1.53 bits per heavy atom. The molecule has 1 heterocycles. The van der Waals surface area contributed by atoms with E-state index in [1.54, 1.807) is 12.1 Å². The van der Waals surface area contributed by atoms with Crippen LogP contribution in [0.15, 0.2) is 22.9 Å². The number of hydrogen-bond donors (Lipinski definition) is 1. The van der Waals surface area contributed by atoms with Crippen LogP contribution in [-0.2, 0) is 9.53 Å². The van der Waals surface area contributed by atoms with Crippen LogP contribution in [0.5, 0.6) is 0 Å². The van der Waals surface area contributed by atoms with Crippen LogP contribution in [-0.4, -0.2) is 30.5 Å². The first-order valence-electron chi connectivity index (χ1n) is 4.85. The molecule has 0 atom stereocenters. The van der Waals surface area contributed by atoms with Crippen molar-refractivity contribution in [3.05, 3.63) is 22.9 Å². The first kappa shape index (κ1) is 14.0. The number of alkyl halides is 2. The van der Waals surface area contributed by atoms with E-state index in [2.05, 4.69) is 31.0 Å². The number of hydrogen-bond acceptors (Lipinski definition) is 3. The van der Waals surface area contributed by atoms with Gasteiger partial charge in [0, 0.05) is 0 Å². The molecular weight excluding hydrogens is 298 g/mol. The molecule has 4 nitrogen and oxygen atoms in total. The Balaban J connectivity index is 2.23. The van der Waals surface area contributed by atoms with Crippen molar-refractivity contribution in [2.75, 3.05) is 18.5 Å². The molecule has 0 radical (unpaired) electrons. The third-order valence-electron chi connectivity index (χ3n) is 1.73. The SMILES string of the molecule is O=C(CCOCC(F)F)Nc1ccc(Br)nc1. The Bertz CT molecular complexity index is 360. The Hall–Kier alpha value is -1.08. The highest BCUT2D eigenvalue weighted by atomic mass is 79.9. The van der Waals surface area contributed by atoms with Crippen LogP contribution in [0.3, 0.4) is 0 Å². The van der Waals surface area contributed by atoms with Gasteiger partial charge in [-0.3, -0.25) is 4.79 Å². The largest absolute Gasteiger partial charge is 0.375 e. The molecule has 17 heavy (non-hydrogen) atoms. The average Bonchev–Trinajstić information content (AvgIpc) is 2.27. The molecule has 0 saturated heterocycles. The maximum absolute atomic E-state index is 11.7. The first-order valence-corrected chi connectivity index (χ1v) is 5.64. The summed E-state index contributed by atoms with van der Waals surface area (Å²) in [5, 5.41) is 2.57. The van der Waals surface area contributed by atoms with Gasteiger partial charge in [-0.1, -0.05) is 0 Å². The van der Waals surface area contributed by atoms with Crippen molar-refractivity contribution in [3.63, 3.8) is 0 Å². The number of ether oxygens (including phenoxy) is 1. The van der Waals surface area contributed by atoms with Crippen LogP contribution < -0.4 is 5.32 Å². The fourth-order valence-corrected chi connectivity index (χ4v) is 1.25. The fourth-order valence-electron chi connectivity index (χ4n) is 1.01. The lowest BCUT2D eigenvalue weighted by Gasteiger charge is -2.05. The molecule has 7 heteroatoms. The number of carbonyl (C=O) groups is 1. The lowest BCUT2D eigenvalue weighted by Crippen LogP contribution is -2.15. The molecule has 0 fully saturated rings. The second-order valence-corrected chi connectivity index (χ2v) is 3.95. The number of anilines is 1. The molecule has 0 aromatic carbocycles. The number of amides is 1. The van der Waals surface area contributed by atoms with E-state index >= 15 is 0 Å². The van der Waals surface area contributed by atoms with Gasteiger partial charge in [0.25, 0.3) is 6.43 Å². The first-order chi connectivity index (χ1) is 8.08. The highest BCUT2D eigenvalue weighted by Crippen LogP contribution is 2.10. The maximum Gasteiger partial charge on any atom is 0.261 e. The van der Waals surface area contributed by atoms with Crippen molar-refractivity contribution in [2.45, 2.75) is 12.8 Å². The van der Waals surface area contributed by atoms with Gasteiger partial charge in [0.2, 0.25) is 5.91 Å². The Morgan fingerprint density at radius 3 is 2.88 bits per heavy atom. The lowest BCUT2D eigenvalue weighted by molar-refractivity contribution is -0.117. The van der Waals surface area contributed by atoms with Crippen molar-refractivity contribution in [1.82, 2.24) is 4.98 Å². The van der Waals surface area contributed by atoms with Gasteiger partial charge in [0.1, 0.15) is 11.2 Å². The fraction of sp³-hybridized carbons (Fsp3) is 0.400. The van der Waals surface area contributed by atoms with Crippen molar-refractivity contribution in [3.8, 4) is 0 Å². The zero-order chi connectivity index (χ0) is 12.7. The monoisotopic (exact) mass is 308 g/mol. The third kappa shape index (κ3) is 6.28. The number of halogens is 3. The van der Waals surface area contributed by atoms with Gasteiger partial charge in [-0.2, -0.15) is 0 Å². The van der Waals surface area contributed by atoms with Gasteiger partial charge in [-0.25, -0.2) is 13.8 Å². The van der Waals surface area contributed by atoms with E-state index in [0.29, 0.717) is 10.3 Å². The van der Waals surface area contributed by atoms with Crippen molar-refractivity contribution < 1.29 is 18.3 Å². The Labute approximate surface area is 105 Å². The van der Waals surface area contributed by atoms with Crippen molar-refractivity contribution in [2.24, 2.45) is 0 Å². The van der Waals surface area contributed by atoms with E-state index in [1.165, 1.54) is 6.20 Å². The number of aromatic nitrogens is 1. The molecule has 1 aromatic rings. The van der Waals surface area contributed by atoms with Gasteiger partial charge in [-0.15, -0.1) is 0 Å². The predicted octanol–water partition coefficient (Wildman–Crippen LogP) is 2.45. The van der Waals surface area contributed by atoms with Crippen LogP contribution >= 0.6 is 15.9 Å². The second-order valence-electron chi connectivity index (χ2n) is 3.13. The van der Waals surface area contributed by atoms with E-state index in [-0.39, 0.29) is 18.9 Å². The minimum atomic E-state index is -2.51. The molecular formula is C10H11BrF2N2O2. The quantitative estimate of drug-likeness (QED) is 0.649. The number of nitrogens with zero attached hydrogens (tertiary/aromatic N) is 1. The normalized spacial score (nSPS) is 10.6. The number of carbonyl (C=O) groups excluding carboxylic acids is 1. The molecule has 94 valence electrons. The van der Waals surface area contributed by atoms with E-state index in [1.807, 2.05) is 0 Å². The Morgan fingerprint density at radius 2 is 2.29 bits per heavy atom. The van der Waals surface area contributed by atoms with Crippen LogP contribution in [0, 0.1) is 0 Å². The van der Waals surface area contributed by atoms with Crippen molar-refractivity contribution in [1.29, 1.82) is 0 Å². The van der Waals surface area contributed by atoms with Crippen molar-refractivity contribution >= 4 is 27.5 Å². The lowest BCUT2D eigenvalue weighted by atomic mass is 10.3. The summed E-state index contributed by atoms with van der Waals surface area (Å²) in [5.41, 5.74) is 0.548. The van der Waals surface area contributed by atoms with Crippen LogP contribution in [0.2, 0.25) is 0 Å². The molecule has 0 aliphatic carbocycles. The van der Waals surface area contributed by atoms with Crippen LogP contribution in [0.4, 0.5) is 14.5 Å². The second kappa shape index (κ2) is 7.29. The average molecular weight is 309 g/mol. The summed E-state index contributed by atoms with van der Waals surface area (Å²) in [6, 6.07) is 3.36. The molecule has 0 bridgehead atoms. The third-order valence-corrected chi connectivity index (χ3v) is 2.20. The summed E-state index contributed by atoms with van der Waals surface area (Å²) in [4.78, 5) is 15.2. The standard InChI is InChI=1S/C10H11BrF2N2O2/c11-8-2-1-7(5-14-8)15-10(16)3-4-17-6-9(12)13/h1-2,5,9H,3-4,6H2,(H,15,16). The molecule has 0 aliphatic rings. The molecule has 0 unspecified atom stereocenters. The van der Waals surface area contributed by atoms with E-state index in [9.17, 15) is 13.6 Å². The van der Waals surface area contributed by atoms with Gasteiger partial charge in [0.05, 0.1) is 24.9 Å². The van der Waals surface area contributed by atoms with E-state index in [0.717, 1.165) is 0 Å². The predicted molar refractivity (Wildman–Crippen MR) is 62.0 cm³/mol. The summed E-state index contributed by atoms with van der Waals surface area (Å²) in [6.45, 7) is -0.673. The molecule has 1 aromatic heterocycles. The zero-order valence-corrected chi connectivity index (χ0v) is 10.4. The summed E-state index contributed by atoms with van der Waals surface area (Å²) < 4.78 is 28.7. The smallest absolute Gasteiger partial charge is 0.261 e. The zero-order valence-electron chi connectivity index (χ0n) is 8.83. The maximum atomic E-state index is 11.7. The highest BCUT2D eigenvalue weighted by molar-refractivity contribution is 9.10. The minimum Gasteiger partial charge on any atom is -0.375 e. The number of pyridine rings is 1. The number of rotatable bonds is 6. The van der Waals surface area contributed by atoms with Gasteiger partial charge in [0.15, 0.2) is 0 Å². The van der Waals surface area contributed by atoms with Gasteiger partial charge >= 0.3 is 0 Å². The number of nitrogens with one attached hydrogen (secondary N) is 1.